The first-order valence-corrected chi connectivity index (χ1v) is 9.66. The molecule has 0 aliphatic heterocycles. The Labute approximate surface area is 140 Å². The highest BCUT2D eigenvalue weighted by atomic mass is 79.9. The molecule has 2 unspecified atom stereocenters. The Kier molecular flexibility index (Phi) is 3.11. The Balaban J connectivity index is 1.82. The monoisotopic (exact) mass is 381 g/mol. The summed E-state index contributed by atoms with van der Waals surface area (Å²) < 4.78 is 8.86. The van der Waals surface area contributed by atoms with Gasteiger partial charge in [0.1, 0.15) is 11.9 Å². The topological polar surface area (TPSA) is 22.1 Å². The molecule has 1 aromatic carbocycles. The van der Waals surface area contributed by atoms with Gasteiger partial charge >= 0.3 is 0 Å². The summed E-state index contributed by atoms with van der Waals surface area (Å²) in [7, 11) is 0. The van der Waals surface area contributed by atoms with Crippen LogP contribution in [-0.2, 0) is 0 Å². The smallest absolute Gasteiger partial charge is 0.129 e. The lowest BCUT2D eigenvalue weighted by molar-refractivity contribution is -0.00666. The molecular formula is C16H16BrNOS2. The summed E-state index contributed by atoms with van der Waals surface area (Å²) in [6, 6.07) is 4.33. The minimum atomic E-state index is 0.181. The van der Waals surface area contributed by atoms with Gasteiger partial charge in [-0.05, 0) is 24.8 Å². The lowest BCUT2D eigenvalue weighted by Crippen LogP contribution is -2.53. The van der Waals surface area contributed by atoms with Crippen LogP contribution < -0.4 is 4.74 Å². The van der Waals surface area contributed by atoms with Crippen molar-refractivity contribution < 1.29 is 4.74 Å². The van der Waals surface area contributed by atoms with Crippen molar-refractivity contribution in [2.24, 2.45) is 5.41 Å². The number of rotatable bonds is 2. The maximum atomic E-state index is 6.38. The fraction of sp³-hybridized carbons (Fsp3) is 0.438. The van der Waals surface area contributed by atoms with Crippen molar-refractivity contribution in [1.82, 2.24) is 4.98 Å². The molecule has 21 heavy (non-hydrogen) atoms. The number of aryl methyl sites for hydroxylation is 1. The van der Waals surface area contributed by atoms with Gasteiger partial charge in [-0.1, -0.05) is 29.8 Å². The van der Waals surface area contributed by atoms with Gasteiger partial charge in [0.2, 0.25) is 0 Å². The van der Waals surface area contributed by atoms with Crippen molar-refractivity contribution in [3.05, 3.63) is 22.5 Å². The average molecular weight is 382 g/mol. The summed E-state index contributed by atoms with van der Waals surface area (Å²) in [5, 5.41) is 4.44. The maximum Gasteiger partial charge on any atom is 0.129 e. The minimum Gasteiger partial charge on any atom is -0.489 e. The first kappa shape index (κ1) is 14.0. The van der Waals surface area contributed by atoms with E-state index in [0.717, 1.165) is 22.7 Å². The number of benzene rings is 1. The van der Waals surface area contributed by atoms with Gasteiger partial charge in [-0.15, -0.1) is 22.7 Å². The Morgan fingerprint density at radius 2 is 2.24 bits per heavy atom. The van der Waals surface area contributed by atoms with Crippen molar-refractivity contribution in [3.63, 3.8) is 0 Å². The summed E-state index contributed by atoms with van der Waals surface area (Å²) in [6.45, 7) is 6.59. The zero-order chi connectivity index (χ0) is 14.8. The molecule has 2 atom stereocenters. The molecular weight excluding hydrogens is 366 g/mol. The Morgan fingerprint density at radius 1 is 1.43 bits per heavy atom. The van der Waals surface area contributed by atoms with Crippen molar-refractivity contribution in [2.45, 2.75) is 38.1 Å². The molecule has 0 N–H and O–H groups in total. The van der Waals surface area contributed by atoms with Crippen LogP contribution in [0.5, 0.6) is 5.75 Å². The fourth-order valence-corrected chi connectivity index (χ4v) is 5.34. The highest BCUT2D eigenvalue weighted by molar-refractivity contribution is 9.09. The van der Waals surface area contributed by atoms with Crippen LogP contribution in [0.25, 0.3) is 20.3 Å². The molecule has 110 valence electrons. The van der Waals surface area contributed by atoms with E-state index in [9.17, 15) is 0 Å². The summed E-state index contributed by atoms with van der Waals surface area (Å²) in [4.78, 5) is 5.22. The minimum absolute atomic E-state index is 0.181. The predicted octanol–water partition coefficient (Wildman–Crippen LogP) is 5.76. The summed E-state index contributed by atoms with van der Waals surface area (Å²) in [6.07, 6.45) is 1.34. The highest BCUT2D eigenvalue weighted by Crippen LogP contribution is 2.49. The lowest BCUT2D eigenvalue weighted by atomic mass is 9.69. The molecule has 5 heteroatoms. The number of halogens is 1. The van der Waals surface area contributed by atoms with E-state index in [4.69, 9.17) is 4.74 Å². The maximum absolute atomic E-state index is 6.38. The largest absolute Gasteiger partial charge is 0.489 e. The summed E-state index contributed by atoms with van der Waals surface area (Å²) in [5.74, 6) is 1.01. The van der Waals surface area contributed by atoms with Crippen molar-refractivity contribution in [3.8, 4) is 5.75 Å². The van der Waals surface area contributed by atoms with Crippen LogP contribution >= 0.6 is 38.6 Å². The molecule has 0 saturated heterocycles. The first-order valence-electron chi connectivity index (χ1n) is 7.05. The van der Waals surface area contributed by atoms with E-state index < -0.39 is 0 Å². The number of alkyl halides is 1. The zero-order valence-corrected chi connectivity index (χ0v) is 15.4. The number of thiazole rings is 1. The van der Waals surface area contributed by atoms with Gasteiger partial charge in [-0.3, -0.25) is 0 Å². The lowest BCUT2D eigenvalue weighted by Gasteiger charge is -2.48. The molecule has 0 amide bonds. The van der Waals surface area contributed by atoms with E-state index in [0.29, 0.717) is 4.83 Å². The molecule has 2 aromatic heterocycles. The normalized spacial score (nSPS) is 24.4. The van der Waals surface area contributed by atoms with Gasteiger partial charge in [0, 0.05) is 21.7 Å². The standard InChI is InChI=1S/C16H16BrNOS2/c1-8-18-14-11(21-8)6-10(9-4-5-20-15(9)14)19-13-7-12(17)16(13,2)3/h4-6,12-13H,7H2,1-3H3. The third-order valence-electron chi connectivity index (χ3n) is 4.50. The predicted molar refractivity (Wildman–Crippen MR) is 95.3 cm³/mol. The van der Waals surface area contributed by atoms with E-state index in [-0.39, 0.29) is 11.5 Å². The van der Waals surface area contributed by atoms with Gasteiger partial charge < -0.3 is 4.74 Å². The van der Waals surface area contributed by atoms with E-state index >= 15 is 0 Å². The number of aromatic nitrogens is 1. The molecule has 1 saturated carbocycles. The summed E-state index contributed by atoms with van der Waals surface area (Å²) in [5.41, 5.74) is 1.31. The van der Waals surface area contributed by atoms with Gasteiger partial charge in [-0.2, -0.15) is 0 Å². The zero-order valence-electron chi connectivity index (χ0n) is 12.1. The van der Waals surface area contributed by atoms with Gasteiger partial charge in [0.15, 0.2) is 0 Å². The molecule has 0 radical (unpaired) electrons. The van der Waals surface area contributed by atoms with Crippen LogP contribution in [0, 0.1) is 12.3 Å². The number of thiophene rings is 1. The third kappa shape index (κ3) is 2.05. The van der Waals surface area contributed by atoms with Crippen LogP contribution in [0.15, 0.2) is 17.5 Å². The molecule has 2 heterocycles. The fourth-order valence-electron chi connectivity index (χ4n) is 2.87. The SMILES string of the molecule is Cc1nc2c(cc(OC3CC(Br)C3(C)C)c3ccsc32)s1. The molecule has 3 aromatic rings. The third-order valence-corrected chi connectivity index (χ3v) is 7.89. The van der Waals surface area contributed by atoms with Crippen LogP contribution in [0.1, 0.15) is 25.3 Å². The molecule has 1 aliphatic rings. The van der Waals surface area contributed by atoms with Crippen LogP contribution in [0.3, 0.4) is 0 Å². The number of fused-ring (bicyclic) bond motifs is 3. The van der Waals surface area contributed by atoms with Crippen molar-refractivity contribution in [2.75, 3.05) is 0 Å². The van der Waals surface area contributed by atoms with Gasteiger partial charge in [0.25, 0.3) is 0 Å². The molecule has 2 nitrogen and oxygen atoms in total. The first-order chi connectivity index (χ1) is 9.96. The van der Waals surface area contributed by atoms with Crippen molar-refractivity contribution in [1.29, 1.82) is 0 Å². The number of ether oxygens (including phenoxy) is 1. The Hall–Kier alpha value is -0.650. The second-order valence-electron chi connectivity index (χ2n) is 6.25. The molecule has 1 aliphatic carbocycles. The molecule has 4 rings (SSSR count). The van der Waals surface area contributed by atoms with E-state index in [1.165, 1.54) is 14.8 Å². The van der Waals surface area contributed by atoms with Crippen LogP contribution in [0.2, 0.25) is 0 Å². The van der Waals surface area contributed by atoms with Crippen LogP contribution in [-0.4, -0.2) is 15.9 Å². The molecule has 1 fully saturated rings. The summed E-state index contributed by atoms with van der Waals surface area (Å²) >= 11 is 7.23. The Morgan fingerprint density at radius 3 is 2.95 bits per heavy atom. The van der Waals surface area contributed by atoms with E-state index in [2.05, 4.69) is 59.2 Å². The van der Waals surface area contributed by atoms with Gasteiger partial charge in [-0.25, -0.2) is 4.98 Å². The Bertz CT molecular complexity index is 835. The highest BCUT2D eigenvalue weighted by Gasteiger charge is 2.48. The van der Waals surface area contributed by atoms with Crippen molar-refractivity contribution >= 4 is 58.9 Å². The average Bonchev–Trinajstić information content (AvgIpc) is 3.03. The quantitative estimate of drug-likeness (QED) is 0.526. The number of nitrogens with zero attached hydrogens (tertiary/aromatic N) is 1. The second-order valence-corrected chi connectivity index (χ2v) is 9.51. The van der Waals surface area contributed by atoms with Gasteiger partial charge in [0.05, 0.1) is 19.9 Å². The molecule has 0 spiro atoms. The number of hydrogen-bond donors (Lipinski definition) is 0. The molecule has 0 bridgehead atoms. The second kappa shape index (κ2) is 4.67. The number of hydrogen-bond acceptors (Lipinski definition) is 4. The van der Waals surface area contributed by atoms with E-state index in [1.807, 2.05) is 0 Å². The van der Waals surface area contributed by atoms with Crippen LogP contribution in [0.4, 0.5) is 0 Å². The van der Waals surface area contributed by atoms with E-state index in [1.54, 1.807) is 22.7 Å².